The molecular formula is C12H17NO3. The van der Waals surface area contributed by atoms with Gasteiger partial charge >= 0.3 is 0 Å². The van der Waals surface area contributed by atoms with Crippen molar-refractivity contribution in [3.8, 4) is 5.75 Å². The van der Waals surface area contributed by atoms with Gasteiger partial charge in [0.15, 0.2) is 6.61 Å². The van der Waals surface area contributed by atoms with Crippen LogP contribution in [0, 0.1) is 6.92 Å². The first-order valence-electron chi connectivity index (χ1n) is 5.22. The van der Waals surface area contributed by atoms with E-state index in [0.29, 0.717) is 5.75 Å². The maximum absolute atomic E-state index is 11.2. The Morgan fingerprint density at radius 2 is 2.06 bits per heavy atom. The van der Waals surface area contributed by atoms with E-state index in [4.69, 9.17) is 9.84 Å². The lowest BCUT2D eigenvalue weighted by Gasteiger charge is -2.08. The number of rotatable bonds is 5. The van der Waals surface area contributed by atoms with Gasteiger partial charge < -0.3 is 15.2 Å². The van der Waals surface area contributed by atoms with Gasteiger partial charge in [-0.15, -0.1) is 0 Å². The standard InChI is InChI=1S/C12H17NO3/c1-9-3-5-11(6-4-9)16-8-12(15)13-7-10(2)14/h3-6,10,14H,7-8H2,1-2H3,(H,13,15)/t10-/m1/s1. The van der Waals surface area contributed by atoms with Gasteiger partial charge in [-0.3, -0.25) is 4.79 Å². The molecule has 0 heterocycles. The highest BCUT2D eigenvalue weighted by molar-refractivity contribution is 5.77. The lowest BCUT2D eigenvalue weighted by atomic mass is 10.2. The fraction of sp³-hybridized carbons (Fsp3) is 0.417. The van der Waals surface area contributed by atoms with Crippen LogP contribution in [0.1, 0.15) is 12.5 Å². The first-order valence-corrected chi connectivity index (χ1v) is 5.22. The number of aliphatic hydroxyl groups excluding tert-OH is 1. The molecule has 88 valence electrons. The molecule has 0 radical (unpaired) electrons. The summed E-state index contributed by atoms with van der Waals surface area (Å²) in [6.45, 7) is 3.81. The normalized spacial score (nSPS) is 11.9. The summed E-state index contributed by atoms with van der Waals surface area (Å²) in [5, 5.41) is 11.5. The van der Waals surface area contributed by atoms with Gasteiger partial charge in [0.2, 0.25) is 0 Å². The third-order valence-electron chi connectivity index (χ3n) is 1.99. The molecule has 0 aliphatic carbocycles. The van der Waals surface area contributed by atoms with Gasteiger partial charge in [0.25, 0.3) is 5.91 Å². The van der Waals surface area contributed by atoms with Gasteiger partial charge in [0.05, 0.1) is 6.10 Å². The van der Waals surface area contributed by atoms with E-state index < -0.39 is 6.10 Å². The smallest absolute Gasteiger partial charge is 0.258 e. The van der Waals surface area contributed by atoms with E-state index in [1.165, 1.54) is 0 Å². The number of carbonyl (C=O) groups excluding carboxylic acids is 1. The highest BCUT2D eigenvalue weighted by Crippen LogP contribution is 2.10. The zero-order valence-electron chi connectivity index (χ0n) is 9.56. The van der Waals surface area contributed by atoms with Crippen molar-refractivity contribution in [2.24, 2.45) is 0 Å². The Labute approximate surface area is 95.2 Å². The van der Waals surface area contributed by atoms with Crippen molar-refractivity contribution >= 4 is 5.91 Å². The van der Waals surface area contributed by atoms with Crippen LogP contribution in [-0.2, 0) is 4.79 Å². The highest BCUT2D eigenvalue weighted by atomic mass is 16.5. The summed E-state index contributed by atoms with van der Waals surface area (Å²) in [7, 11) is 0. The fourth-order valence-electron chi connectivity index (χ4n) is 1.10. The maximum atomic E-state index is 11.2. The molecule has 16 heavy (non-hydrogen) atoms. The molecule has 0 aliphatic heterocycles. The van der Waals surface area contributed by atoms with E-state index >= 15 is 0 Å². The number of carbonyl (C=O) groups is 1. The molecule has 0 bridgehead atoms. The quantitative estimate of drug-likeness (QED) is 0.778. The van der Waals surface area contributed by atoms with Gasteiger partial charge in [-0.2, -0.15) is 0 Å². The van der Waals surface area contributed by atoms with Crippen molar-refractivity contribution in [1.29, 1.82) is 0 Å². The van der Waals surface area contributed by atoms with E-state index in [9.17, 15) is 4.79 Å². The Bertz CT molecular complexity index is 333. The number of aryl methyl sites for hydroxylation is 1. The van der Waals surface area contributed by atoms with Crippen LogP contribution in [0.25, 0.3) is 0 Å². The second-order valence-corrected chi connectivity index (χ2v) is 3.75. The van der Waals surface area contributed by atoms with E-state index in [1.807, 2.05) is 31.2 Å². The highest BCUT2D eigenvalue weighted by Gasteiger charge is 2.03. The van der Waals surface area contributed by atoms with Gasteiger partial charge in [0, 0.05) is 6.54 Å². The zero-order chi connectivity index (χ0) is 12.0. The van der Waals surface area contributed by atoms with Crippen molar-refractivity contribution < 1.29 is 14.6 Å². The molecule has 0 saturated carbocycles. The molecular weight excluding hydrogens is 206 g/mol. The minimum absolute atomic E-state index is 0.0320. The summed E-state index contributed by atoms with van der Waals surface area (Å²) in [5.74, 6) is 0.430. The molecule has 0 spiro atoms. The molecule has 2 N–H and O–H groups in total. The maximum Gasteiger partial charge on any atom is 0.258 e. The van der Waals surface area contributed by atoms with Gasteiger partial charge in [-0.25, -0.2) is 0 Å². The second kappa shape index (κ2) is 6.12. The van der Waals surface area contributed by atoms with E-state index in [0.717, 1.165) is 5.56 Å². The molecule has 1 amide bonds. The van der Waals surface area contributed by atoms with E-state index in [1.54, 1.807) is 6.92 Å². The minimum Gasteiger partial charge on any atom is -0.484 e. The van der Waals surface area contributed by atoms with Crippen molar-refractivity contribution in [3.05, 3.63) is 29.8 Å². The van der Waals surface area contributed by atoms with Gasteiger partial charge in [0.1, 0.15) is 5.75 Å². The van der Waals surface area contributed by atoms with Crippen molar-refractivity contribution in [2.75, 3.05) is 13.2 Å². The zero-order valence-corrected chi connectivity index (χ0v) is 9.56. The average molecular weight is 223 g/mol. The van der Waals surface area contributed by atoms with E-state index in [-0.39, 0.29) is 19.1 Å². The third-order valence-corrected chi connectivity index (χ3v) is 1.99. The van der Waals surface area contributed by atoms with Gasteiger partial charge in [-0.05, 0) is 26.0 Å². The van der Waals surface area contributed by atoms with Crippen molar-refractivity contribution in [3.63, 3.8) is 0 Å². The van der Waals surface area contributed by atoms with E-state index in [2.05, 4.69) is 5.32 Å². The predicted molar refractivity (Wildman–Crippen MR) is 61.4 cm³/mol. The van der Waals surface area contributed by atoms with Crippen LogP contribution >= 0.6 is 0 Å². The molecule has 1 aromatic carbocycles. The van der Waals surface area contributed by atoms with Crippen LogP contribution in [0.5, 0.6) is 5.75 Å². The Morgan fingerprint density at radius 1 is 1.44 bits per heavy atom. The second-order valence-electron chi connectivity index (χ2n) is 3.75. The number of amides is 1. The average Bonchev–Trinajstić information content (AvgIpc) is 2.25. The summed E-state index contributed by atoms with van der Waals surface area (Å²) in [5.41, 5.74) is 1.14. The number of benzene rings is 1. The van der Waals surface area contributed by atoms with Crippen molar-refractivity contribution in [2.45, 2.75) is 20.0 Å². The monoisotopic (exact) mass is 223 g/mol. The number of hydrogen-bond donors (Lipinski definition) is 2. The molecule has 4 nitrogen and oxygen atoms in total. The molecule has 4 heteroatoms. The number of aliphatic hydroxyl groups is 1. The Kier molecular flexibility index (Phi) is 4.79. The van der Waals surface area contributed by atoms with Crippen LogP contribution in [0.15, 0.2) is 24.3 Å². The Balaban J connectivity index is 2.29. The minimum atomic E-state index is -0.539. The Morgan fingerprint density at radius 3 is 2.62 bits per heavy atom. The summed E-state index contributed by atoms with van der Waals surface area (Å²) in [6.07, 6.45) is -0.539. The van der Waals surface area contributed by atoms with Crippen LogP contribution in [-0.4, -0.2) is 30.3 Å². The van der Waals surface area contributed by atoms with Crippen LogP contribution in [0.3, 0.4) is 0 Å². The molecule has 0 aromatic heterocycles. The molecule has 0 unspecified atom stereocenters. The summed E-state index contributed by atoms with van der Waals surface area (Å²) < 4.78 is 5.26. The molecule has 1 rings (SSSR count). The molecule has 0 aliphatic rings. The van der Waals surface area contributed by atoms with Crippen LogP contribution < -0.4 is 10.1 Å². The third kappa shape index (κ3) is 4.79. The first kappa shape index (κ1) is 12.5. The predicted octanol–water partition coefficient (Wildman–Crippen LogP) is 0.871. The van der Waals surface area contributed by atoms with Crippen LogP contribution in [0.4, 0.5) is 0 Å². The SMILES string of the molecule is Cc1ccc(OCC(=O)NC[C@@H](C)O)cc1. The number of ether oxygens (including phenoxy) is 1. The fourth-order valence-corrected chi connectivity index (χ4v) is 1.10. The topological polar surface area (TPSA) is 58.6 Å². The lowest BCUT2D eigenvalue weighted by Crippen LogP contribution is -2.34. The molecule has 0 saturated heterocycles. The van der Waals surface area contributed by atoms with Crippen molar-refractivity contribution in [1.82, 2.24) is 5.32 Å². The number of nitrogens with one attached hydrogen (secondary N) is 1. The lowest BCUT2D eigenvalue weighted by molar-refractivity contribution is -0.123. The summed E-state index contributed by atoms with van der Waals surface area (Å²) >= 11 is 0. The molecule has 1 atom stereocenters. The Hall–Kier alpha value is -1.55. The first-order chi connectivity index (χ1) is 7.58. The van der Waals surface area contributed by atoms with Gasteiger partial charge in [-0.1, -0.05) is 17.7 Å². The molecule has 1 aromatic rings. The molecule has 0 fully saturated rings. The number of hydrogen-bond acceptors (Lipinski definition) is 3. The van der Waals surface area contributed by atoms with Crippen LogP contribution in [0.2, 0.25) is 0 Å². The summed E-state index contributed by atoms with van der Waals surface area (Å²) in [6, 6.07) is 7.47. The summed E-state index contributed by atoms with van der Waals surface area (Å²) in [4.78, 5) is 11.2. The largest absolute Gasteiger partial charge is 0.484 e.